The number of halogens is 4. The van der Waals surface area contributed by atoms with Crippen molar-refractivity contribution in [2.24, 2.45) is 0 Å². The van der Waals surface area contributed by atoms with Crippen LogP contribution in [0.3, 0.4) is 0 Å². The summed E-state index contributed by atoms with van der Waals surface area (Å²) in [6.07, 6.45) is -4.21. The number of likely N-dealkylation sites (tertiary alicyclic amines) is 1. The molecule has 0 aliphatic carbocycles. The minimum atomic E-state index is -4.90. The second-order valence-electron chi connectivity index (χ2n) is 10.5. The Morgan fingerprint density at radius 3 is 2.39 bits per heavy atom. The number of aliphatic hydroxyl groups is 1. The average Bonchev–Trinajstić information content (AvgIpc) is 3.14. The third-order valence-corrected chi connectivity index (χ3v) is 7.42. The van der Waals surface area contributed by atoms with E-state index < -0.39 is 36.0 Å². The quantitative estimate of drug-likeness (QED) is 0.544. The molecule has 0 bridgehead atoms. The number of anilines is 1. The van der Waals surface area contributed by atoms with Crippen LogP contribution in [0.25, 0.3) is 0 Å². The lowest BCUT2D eigenvalue weighted by Crippen LogP contribution is -2.58. The molecule has 2 aromatic rings. The highest BCUT2D eigenvalue weighted by atomic mass is 19.4. The number of nitrogens with zero attached hydrogens (tertiary/aromatic N) is 2. The van der Waals surface area contributed by atoms with E-state index in [1.54, 1.807) is 23.6 Å². The molecule has 36 heavy (non-hydrogen) atoms. The van der Waals surface area contributed by atoms with Crippen LogP contribution in [-0.2, 0) is 16.6 Å². The fraction of sp³-hybridized carbons (Fsp3) is 0.519. The molecule has 2 aliphatic rings. The molecule has 1 N–H and O–H groups in total. The van der Waals surface area contributed by atoms with Crippen molar-refractivity contribution < 1.29 is 32.2 Å². The zero-order valence-electron chi connectivity index (χ0n) is 20.7. The van der Waals surface area contributed by atoms with E-state index in [4.69, 9.17) is 4.74 Å². The van der Waals surface area contributed by atoms with E-state index in [2.05, 4.69) is 0 Å². The number of rotatable bonds is 7. The average molecular weight is 509 g/mol. The first-order valence-corrected chi connectivity index (χ1v) is 12.1. The minimum Gasteiger partial charge on any atom is -0.496 e. The van der Waals surface area contributed by atoms with Gasteiger partial charge in [-0.3, -0.25) is 9.69 Å². The number of piperidine rings is 1. The lowest BCUT2D eigenvalue weighted by atomic mass is 9.74. The first-order chi connectivity index (χ1) is 16.8. The smallest absolute Gasteiger partial charge is 0.418 e. The summed E-state index contributed by atoms with van der Waals surface area (Å²) in [7, 11) is 1.37. The highest BCUT2D eigenvalue weighted by Crippen LogP contribution is 2.44. The number of benzene rings is 2. The highest BCUT2D eigenvalue weighted by Gasteiger charge is 2.57. The summed E-state index contributed by atoms with van der Waals surface area (Å²) in [6, 6.07) is 11.2. The van der Waals surface area contributed by atoms with Gasteiger partial charge in [-0.25, -0.2) is 4.39 Å². The summed E-state index contributed by atoms with van der Waals surface area (Å²) in [5, 5.41) is 11.0. The Bertz CT molecular complexity index is 1110. The van der Waals surface area contributed by atoms with Crippen molar-refractivity contribution in [3.05, 3.63) is 59.4 Å². The van der Waals surface area contributed by atoms with Gasteiger partial charge in [0, 0.05) is 36.9 Å². The van der Waals surface area contributed by atoms with Gasteiger partial charge in [-0.2, -0.15) is 13.2 Å². The summed E-state index contributed by atoms with van der Waals surface area (Å²) in [4.78, 5) is 16.0. The van der Waals surface area contributed by atoms with Crippen molar-refractivity contribution in [3.63, 3.8) is 0 Å². The van der Waals surface area contributed by atoms with Gasteiger partial charge in [-0.05, 0) is 54.5 Å². The largest absolute Gasteiger partial charge is 0.496 e. The molecule has 2 aromatic carbocycles. The Morgan fingerprint density at radius 1 is 1.08 bits per heavy atom. The predicted molar refractivity (Wildman–Crippen MR) is 129 cm³/mol. The molecular formula is C27H32F4N2O3. The van der Waals surface area contributed by atoms with Crippen molar-refractivity contribution in [3.8, 4) is 5.75 Å². The van der Waals surface area contributed by atoms with Gasteiger partial charge in [0.1, 0.15) is 11.6 Å². The number of hydrogen-bond donors (Lipinski definition) is 1. The Hall–Kier alpha value is -2.65. The van der Waals surface area contributed by atoms with Crippen LogP contribution in [0.2, 0.25) is 0 Å². The van der Waals surface area contributed by atoms with Crippen molar-refractivity contribution in [2.45, 2.75) is 62.8 Å². The van der Waals surface area contributed by atoms with Gasteiger partial charge in [-0.1, -0.05) is 32.0 Å². The van der Waals surface area contributed by atoms with Gasteiger partial charge in [-0.15, -0.1) is 0 Å². The maximum atomic E-state index is 14.3. The molecule has 1 saturated heterocycles. The summed E-state index contributed by atoms with van der Waals surface area (Å²) < 4.78 is 62.0. The lowest BCUT2D eigenvalue weighted by Gasteiger charge is -2.43. The Balaban J connectivity index is 1.48. The summed E-state index contributed by atoms with van der Waals surface area (Å²) >= 11 is 0. The Morgan fingerprint density at radius 2 is 1.75 bits per heavy atom. The van der Waals surface area contributed by atoms with Crippen molar-refractivity contribution in [1.29, 1.82) is 0 Å². The number of para-hydroxylation sites is 1. The number of ether oxygens (including phenoxy) is 1. The number of hydrogen-bond acceptors (Lipinski definition) is 4. The molecule has 1 fully saturated rings. The number of carbonyl (C=O) groups is 1. The molecule has 2 aliphatic heterocycles. The molecular weight excluding hydrogens is 476 g/mol. The van der Waals surface area contributed by atoms with Crippen LogP contribution in [-0.4, -0.2) is 60.5 Å². The van der Waals surface area contributed by atoms with E-state index in [0.717, 1.165) is 17.3 Å². The molecule has 0 aromatic heterocycles. The fourth-order valence-electron chi connectivity index (χ4n) is 5.66. The van der Waals surface area contributed by atoms with E-state index in [-0.39, 0.29) is 23.3 Å². The van der Waals surface area contributed by atoms with Crippen LogP contribution in [0.15, 0.2) is 42.5 Å². The molecule has 1 atom stereocenters. The van der Waals surface area contributed by atoms with E-state index in [0.29, 0.717) is 32.4 Å². The number of amides is 1. The molecule has 196 valence electrons. The van der Waals surface area contributed by atoms with Crippen molar-refractivity contribution in [1.82, 2.24) is 4.90 Å². The molecule has 0 radical (unpaired) electrons. The molecule has 1 amide bonds. The van der Waals surface area contributed by atoms with Gasteiger partial charge in [0.2, 0.25) is 5.91 Å². The van der Waals surface area contributed by atoms with Crippen LogP contribution in [0, 0.1) is 5.82 Å². The number of fused-ring (bicyclic) bond motifs is 1. The fourth-order valence-corrected chi connectivity index (χ4v) is 5.66. The number of carbonyl (C=O) groups excluding carboxylic acids is 1. The number of alkyl halides is 3. The van der Waals surface area contributed by atoms with Crippen molar-refractivity contribution >= 4 is 11.6 Å². The van der Waals surface area contributed by atoms with E-state index in [9.17, 15) is 27.5 Å². The summed E-state index contributed by atoms with van der Waals surface area (Å²) in [5.74, 6) is -0.316. The third-order valence-electron chi connectivity index (χ3n) is 7.42. The molecule has 4 rings (SSSR count). The second-order valence-corrected chi connectivity index (χ2v) is 10.5. The maximum absolute atomic E-state index is 14.3. The second kappa shape index (κ2) is 9.67. The molecule has 1 unspecified atom stereocenters. The van der Waals surface area contributed by atoms with E-state index in [1.165, 1.54) is 19.2 Å². The molecule has 5 nitrogen and oxygen atoms in total. The van der Waals surface area contributed by atoms with E-state index >= 15 is 0 Å². The minimum absolute atomic E-state index is 0.00670. The third kappa shape index (κ3) is 5.09. The first kappa shape index (κ1) is 26.4. The van der Waals surface area contributed by atoms with Gasteiger partial charge in [0.15, 0.2) is 5.60 Å². The van der Waals surface area contributed by atoms with Crippen LogP contribution in [0.1, 0.15) is 44.2 Å². The normalized spacial score (nSPS) is 19.3. The van der Waals surface area contributed by atoms with Crippen LogP contribution >= 0.6 is 0 Å². The van der Waals surface area contributed by atoms with Gasteiger partial charge >= 0.3 is 6.18 Å². The number of methoxy groups -OCH3 is 1. The van der Waals surface area contributed by atoms with Crippen LogP contribution in [0.5, 0.6) is 5.75 Å². The van der Waals surface area contributed by atoms with Crippen LogP contribution < -0.4 is 9.64 Å². The predicted octanol–water partition coefficient (Wildman–Crippen LogP) is 4.85. The lowest BCUT2D eigenvalue weighted by molar-refractivity contribution is -0.272. The standard InChI is InChI=1S/C27H32F4N2O3/c1-25(2,21-15-19(28)8-9-23(21)36-3)16-26(35,27(29,30)31)17-32-12-10-20(11-13-32)33-22-7-5-4-6-18(22)14-24(33)34/h4-9,15,20,35H,10-14,16-17H2,1-3H3. The first-order valence-electron chi connectivity index (χ1n) is 12.1. The molecule has 9 heteroatoms. The zero-order chi connectivity index (χ0) is 26.3. The van der Waals surface area contributed by atoms with E-state index in [1.807, 2.05) is 24.3 Å². The molecule has 0 spiro atoms. The Labute approximate surface area is 208 Å². The maximum Gasteiger partial charge on any atom is 0.418 e. The monoisotopic (exact) mass is 508 g/mol. The van der Waals surface area contributed by atoms with Gasteiger partial charge < -0.3 is 14.7 Å². The SMILES string of the molecule is COc1ccc(F)cc1C(C)(C)CC(O)(CN1CCC(N2C(=O)Cc3ccccc32)CC1)C(F)(F)F. The van der Waals surface area contributed by atoms with Crippen LogP contribution in [0.4, 0.5) is 23.2 Å². The summed E-state index contributed by atoms with van der Waals surface area (Å²) in [5.41, 5.74) is -2.15. The zero-order valence-corrected chi connectivity index (χ0v) is 20.7. The van der Waals surface area contributed by atoms with Gasteiger partial charge in [0.25, 0.3) is 0 Å². The Kier molecular flexibility index (Phi) is 7.09. The molecule has 2 heterocycles. The molecule has 0 saturated carbocycles. The van der Waals surface area contributed by atoms with Gasteiger partial charge in [0.05, 0.1) is 13.5 Å². The number of β-amino-alcohol motifs (C(OH)–C–C–N with tert-alkyl or cyclic N) is 1. The van der Waals surface area contributed by atoms with Crippen molar-refractivity contribution in [2.75, 3.05) is 31.6 Å². The highest BCUT2D eigenvalue weighted by molar-refractivity contribution is 6.01. The topological polar surface area (TPSA) is 53.0 Å². The summed E-state index contributed by atoms with van der Waals surface area (Å²) in [6.45, 7) is 3.12.